The zero-order chi connectivity index (χ0) is 23.7. The first-order chi connectivity index (χ1) is 16.4. The van der Waals surface area contributed by atoms with E-state index in [1.54, 1.807) is 41.7 Å². The number of phenols is 1. The van der Waals surface area contributed by atoms with Crippen molar-refractivity contribution in [2.45, 2.75) is 68.2 Å². The summed E-state index contributed by atoms with van der Waals surface area (Å²) in [6.45, 7) is 4.01. The molecule has 2 fully saturated rings. The van der Waals surface area contributed by atoms with Gasteiger partial charge >= 0.3 is 0 Å². The SMILES string of the molecule is CCCN1CC[C@]23c4c5ccc(O)c4O[C@H]2[C@H](N(C)C(=O)/C=C/c2ccoc2)CC[C@@]3(O)[C@H]1C5. The number of amides is 1. The van der Waals surface area contributed by atoms with Gasteiger partial charge in [-0.15, -0.1) is 0 Å². The van der Waals surface area contributed by atoms with Crippen molar-refractivity contribution < 1.29 is 24.2 Å². The van der Waals surface area contributed by atoms with Gasteiger partial charge in [0.2, 0.25) is 5.91 Å². The van der Waals surface area contributed by atoms with Crippen LogP contribution in [0.1, 0.15) is 49.3 Å². The molecule has 4 aliphatic rings. The Hall–Kier alpha value is -2.77. The van der Waals surface area contributed by atoms with Gasteiger partial charge in [0.15, 0.2) is 11.5 Å². The third-order valence-electron chi connectivity index (χ3n) is 8.86. The van der Waals surface area contributed by atoms with E-state index in [1.165, 1.54) is 0 Å². The van der Waals surface area contributed by atoms with E-state index in [4.69, 9.17) is 9.15 Å². The van der Waals surface area contributed by atoms with Crippen LogP contribution in [0.15, 0.2) is 41.2 Å². The maximum Gasteiger partial charge on any atom is 0.246 e. The van der Waals surface area contributed by atoms with Crippen LogP contribution in [0.3, 0.4) is 0 Å². The van der Waals surface area contributed by atoms with Crippen LogP contribution in [0.2, 0.25) is 0 Å². The van der Waals surface area contributed by atoms with Crippen LogP contribution in [0, 0.1) is 0 Å². The van der Waals surface area contributed by atoms with Crippen molar-refractivity contribution >= 4 is 12.0 Å². The van der Waals surface area contributed by atoms with Crippen molar-refractivity contribution in [2.75, 3.05) is 20.1 Å². The van der Waals surface area contributed by atoms with Gasteiger partial charge < -0.3 is 24.3 Å². The summed E-state index contributed by atoms with van der Waals surface area (Å²) in [5.41, 5.74) is 1.38. The number of benzene rings is 1. The molecule has 1 amide bonds. The van der Waals surface area contributed by atoms with Gasteiger partial charge in [-0.2, -0.15) is 0 Å². The van der Waals surface area contributed by atoms with Crippen LogP contribution in [0.5, 0.6) is 11.5 Å². The number of rotatable bonds is 5. The molecule has 1 spiro atoms. The average molecular weight is 465 g/mol. The first-order valence-corrected chi connectivity index (χ1v) is 12.4. The Morgan fingerprint density at radius 2 is 2.18 bits per heavy atom. The molecule has 3 heterocycles. The molecule has 2 bridgehead atoms. The predicted molar refractivity (Wildman–Crippen MR) is 127 cm³/mol. The largest absolute Gasteiger partial charge is 0.504 e. The van der Waals surface area contributed by atoms with E-state index >= 15 is 0 Å². The molecule has 2 aliphatic carbocycles. The normalized spacial score (nSPS) is 33.6. The molecule has 2 aliphatic heterocycles. The third-order valence-corrected chi connectivity index (χ3v) is 8.86. The standard InChI is InChI=1S/C27H32N2O5/c1-3-12-29-13-11-26-23-18-5-6-20(30)24(23)34-25(26)19(8-10-27(26,32)21(29)15-18)28(2)22(31)7-4-17-9-14-33-16-17/h4-7,9,14,16,19,21,25,30,32H,3,8,10-13,15H2,1-2H3/b7-4+/t19-,21-,25+,26+,27-/m1/s1. The number of likely N-dealkylation sites (N-methyl/N-ethyl adjacent to an activating group) is 1. The summed E-state index contributed by atoms with van der Waals surface area (Å²) >= 11 is 0. The number of furan rings is 1. The number of aromatic hydroxyl groups is 1. The minimum atomic E-state index is -0.954. The molecular formula is C27H32N2O5. The van der Waals surface area contributed by atoms with E-state index < -0.39 is 17.1 Å². The highest BCUT2D eigenvalue weighted by Gasteiger charge is 2.73. The van der Waals surface area contributed by atoms with Gasteiger partial charge in [-0.3, -0.25) is 9.69 Å². The van der Waals surface area contributed by atoms with Crippen LogP contribution in [-0.2, 0) is 16.6 Å². The van der Waals surface area contributed by atoms with Crippen molar-refractivity contribution in [3.05, 3.63) is 53.5 Å². The number of nitrogens with zero attached hydrogens (tertiary/aromatic N) is 2. The molecule has 0 radical (unpaired) electrons. The topological polar surface area (TPSA) is 86.4 Å². The second-order valence-corrected chi connectivity index (χ2v) is 10.3. The van der Waals surface area contributed by atoms with Crippen LogP contribution in [0.25, 0.3) is 6.08 Å². The third kappa shape index (κ3) is 2.74. The highest BCUT2D eigenvalue weighted by Crippen LogP contribution is 2.65. The van der Waals surface area contributed by atoms with Gasteiger partial charge in [0.1, 0.15) is 6.10 Å². The Kier molecular flexibility index (Phi) is 4.87. The van der Waals surface area contributed by atoms with E-state index in [0.29, 0.717) is 18.6 Å². The summed E-state index contributed by atoms with van der Waals surface area (Å²) in [5, 5.41) is 23.2. The monoisotopic (exact) mass is 464 g/mol. The lowest BCUT2D eigenvalue weighted by Gasteiger charge is -2.64. The Morgan fingerprint density at radius 1 is 1.32 bits per heavy atom. The molecule has 5 atom stereocenters. The maximum absolute atomic E-state index is 13.1. The van der Waals surface area contributed by atoms with Gasteiger partial charge in [-0.25, -0.2) is 0 Å². The van der Waals surface area contributed by atoms with Gasteiger partial charge in [0.05, 0.1) is 29.6 Å². The zero-order valence-electron chi connectivity index (χ0n) is 19.7. The van der Waals surface area contributed by atoms with Crippen molar-refractivity contribution in [1.82, 2.24) is 9.80 Å². The molecule has 7 nitrogen and oxygen atoms in total. The number of carbonyl (C=O) groups is 1. The molecule has 1 saturated heterocycles. The minimum Gasteiger partial charge on any atom is -0.504 e. The first-order valence-electron chi connectivity index (χ1n) is 12.4. The first kappa shape index (κ1) is 21.7. The van der Waals surface area contributed by atoms with Crippen LogP contribution in [-0.4, -0.2) is 69.8 Å². The average Bonchev–Trinajstić information content (AvgIpc) is 3.46. The van der Waals surface area contributed by atoms with E-state index in [1.807, 2.05) is 13.1 Å². The number of ether oxygens (including phenoxy) is 1. The van der Waals surface area contributed by atoms with Crippen molar-refractivity contribution in [3.63, 3.8) is 0 Å². The van der Waals surface area contributed by atoms with Crippen molar-refractivity contribution in [2.24, 2.45) is 0 Å². The Bertz CT molecular complexity index is 1140. The van der Waals surface area contributed by atoms with Gasteiger partial charge in [-0.1, -0.05) is 13.0 Å². The van der Waals surface area contributed by atoms with Crippen molar-refractivity contribution in [1.29, 1.82) is 0 Å². The minimum absolute atomic E-state index is 0.0123. The van der Waals surface area contributed by atoms with Crippen LogP contribution in [0.4, 0.5) is 0 Å². The molecule has 2 aromatic rings. The maximum atomic E-state index is 13.1. The lowest BCUT2D eigenvalue weighted by molar-refractivity contribution is -0.199. The highest BCUT2D eigenvalue weighted by molar-refractivity contribution is 5.91. The molecule has 180 valence electrons. The smallest absolute Gasteiger partial charge is 0.246 e. The molecule has 1 saturated carbocycles. The molecule has 2 N–H and O–H groups in total. The zero-order valence-corrected chi connectivity index (χ0v) is 19.7. The van der Waals surface area contributed by atoms with Crippen molar-refractivity contribution in [3.8, 4) is 11.5 Å². The summed E-state index contributed by atoms with van der Waals surface area (Å²) in [5.74, 6) is 0.504. The molecule has 34 heavy (non-hydrogen) atoms. The molecule has 7 heteroatoms. The summed E-state index contributed by atoms with van der Waals surface area (Å²) in [7, 11) is 1.81. The Labute approximate surface area is 199 Å². The Balaban J connectivity index is 1.41. The second kappa shape index (κ2) is 7.62. The molecule has 6 rings (SSSR count). The highest BCUT2D eigenvalue weighted by atomic mass is 16.5. The quantitative estimate of drug-likeness (QED) is 0.662. The summed E-state index contributed by atoms with van der Waals surface area (Å²) in [6, 6.07) is 5.31. The van der Waals surface area contributed by atoms with Gasteiger partial charge in [0, 0.05) is 30.3 Å². The lowest BCUT2D eigenvalue weighted by atomic mass is 9.48. The van der Waals surface area contributed by atoms with E-state index in [9.17, 15) is 15.0 Å². The molecular weight excluding hydrogens is 432 g/mol. The summed E-state index contributed by atoms with van der Waals surface area (Å²) in [4.78, 5) is 17.3. The number of aliphatic hydroxyl groups is 1. The number of carbonyl (C=O) groups excluding carboxylic acids is 1. The fraction of sp³-hybridized carbons (Fsp3) is 0.519. The second-order valence-electron chi connectivity index (χ2n) is 10.3. The summed E-state index contributed by atoms with van der Waals surface area (Å²) < 4.78 is 11.6. The van der Waals surface area contributed by atoms with Crippen LogP contribution >= 0.6 is 0 Å². The predicted octanol–water partition coefficient (Wildman–Crippen LogP) is 3.09. The summed E-state index contributed by atoms with van der Waals surface area (Å²) in [6.07, 6.45) is 9.85. The van der Waals surface area contributed by atoms with E-state index in [-0.39, 0.29) is 23.7 Å². The molecule has 1 aromatic carbocycles. The number of likely N-dealkylation sites (tertiary alicyclic amines) is 1. The lowest BCUT2D eigenvalue weighted by Crippen LogP contribution is -2.78. The Morgan fingerprint density at radius 3 is 2.94 bits per heavy atom. The number of piperidine rings is 1. The molecule has 0 unspecified atom stereocenters. The van der Waals surface area contributed by atoms with E-state index in [2.05, 4.69) is 11.8 Å². The van der Waals surface area contributed by atoms with E-state index in [0.717, 1.165) is 49.0 Å². The molecule has 1 aromatic heterocycles. The van der Waals surface area contributed by atoms with Gasteiger partial charge in [-0.05, 0) is 69.0 Å². The number of phenolic OH excluding ortho intramolecular Hbond substituents is 1. The number of hydrogen-bond donors (Lipinski definition) is 2. The van der Waals surface area contributed by atoms with Gasteiger partial charge in [0.25, 0.3) is 0 Å². The van der Waals surface area contributed by atoms with Crippen LogP contribution < -0.4 is 4.74 Å². The fourth-order valence-electron chi connectivity index (χ4n) is 7.37. The fourth-order valence-corrected chi connectivity index (χ4v) is 7.37. The number of hydrogen-bond acceptors (Lipinski definition) is 6.